The molecule has 1 amide bonds. The number of amides is 1. The molecule has 3 heteroatoms. The van der Waals surface area contributed by atoms with Crippen molar-refractivity contribution in [3.63, 3.8) is 0 Å². The Hall–Kier alpha value is -1.51. The van der Waals surface area contributed by atoms with Crippen LogP contribution >= 0.6 is 0 Å². The molecule has 2 N–H and O–H groups in total. The van der Waals surface area contributed by atoms with Gasteiger partial charge in [-0.05, 0) is 31.0 Å². The highest BCUT2D eigenvalue weighted by Crippen LogP contribution is 2.19. The van der Waals surface area contributed by atoms with Gasteiger partial charge in [0.1, 0.15) is 5.75 Å². The van der Waals surface area contributed by atoms with Gasteiger partial charge in [0.15, 0.2) is 0 Å². The van der Waals surface area contributed by atoms with E-state index in [1.54, 1.807) is 6.07 Å². The molecule has 0 fully saturated rings. The van der Waals surface area contributed by atoms with Crippen LogP contribution in [-0.4, -0.2) is 12.5 Å². The molecule has 0 heterocycles. The van der Waals surface area contributed by atoms with Gasteiger partial charge in [0.25, 0.3) is 5.91 Å². The molecule has 76 valence electrons. The number of hydrogen-bond donors (Lipinski definition) is 1. The van der Waals surface area contributed by atoms with Crippen molar-refractivity contribution in [2.75, 3.05) is 6.61 Å². The number of carbonyl (C=O) groups is 1. The van der Waals surface area contributed by atoms with E-state index in [1.165, 1.54) is 0 Å². The Bertz CT molecular complexity index is 334. The molecule has 0 saturated carbocycles. The zero-order valence-corrected chi connectivity index (χ0v) is 8.54. The summed E-state index contributed by atoms with van der Waals surface area (Å²) in [5.74, 6) is 0.135. The molecule has 0 bridgehead atoms. The molecule has 14 heavy (non-hydrogen) atoms. The second kappa shape index (κ2) is 4.65. The number of primary amides is 1. The van der Waals surface area contributed by atoms with Crippen molar-refractivity contribution >= 4 is 5.91 Å². The van der Waals surface area contributed by atoms with E-state index in [9.17, 15) is 4.79 Å². The van der Waals surface area contributed by atoms with Crippen LogP contribution in [0.4, 0.5) is 0 Å². The van der Waals surface area contributed by atoms with Crippen molar-refractivity contribution in [1.29, 1.82) is 0 Å². The summed E-state index contributed by atoms with van der Waals surface area (Å²) in [5.41, 5.74) is 6.72. The van der Waals surface area contributed by atoms with Crippen LogP contribution in [0.15, 0.2) is 18.2 Å². The minimum Gasteiger partial charge on any atom is -0.493 e. The van der Waals surface area contributed by atoms with E-state index in [0.29, 0.717) is 17.9 Å². The van der Waals surface area contributed by atoms with Gasteiger partial charge in [-0.3, -0.25) is 4.79 Å². The van der Waals surface area contributed by atoms with Crippen LogP contribution in [0.5, 0.6) is 5.75 Å². The van der Waals surface area contributed by atoms with Gasteiger partial charge in [-0.1, -0.05) is 13.0 Å². The molecule has 1 rings (SSSR count). The Labute approximate surface area is 83.9 Å². The van der Waals surface area contributed by atoms with Crippen LogP contribution in [0.1, 0.15) is 29.3 Å². The van der Waals surface area contributed by atoms with Crippen molar-refractivity contribution in [2.45, 2.75) is 20.3 Å². The number of benzene rings is 1. The van der Waals surface area contributed by atoms with Gasteiger partial charge in [-0.2, -0.15) is 0 Å². The largest absolute Gasteiger partial charge is 0.493 e. The van der Waals surface area contributed by atoms with Crippen LogP contribution in [0.25, 0.3) is 0 Å². The Morgan fingerprint density at radius 3 is 2.79 bits per heavy atom. The van der Waals surface area contributed by atoms with Crippen LogP contribution in [0.3, 0.4) is 0 Å². The first kappa shape index (κ1) is 10.6. The molecule has 3 nitrogen and oxygen atoms in total. The third-order valence-electron chi connectivity index (χ3n) is 1.86. The van der Waals surface area contributed by atoms with Crippen molar-refractivity contribution in [3.8, 4) is 5.75 Å². The first-order chi connectivity index (χ1) is 6.65. The summed E-state index contributed by atoms with van der Waals surface area (Å²) >= 11 is 0. The maximum Gasteiger partial charge on any atom is 0.252 e. The minimum atomic E-state index is -0.448. The Morgan fingerprint density at radius 2 is 2.21 bits per heavy atom. The average Bonchev–Trinajstić information content (AvgIpc) is 2.14. The van der Waals surface area contributed by atoms with E-state index in [-0.39, 0.29) is 0 Å². The lowest BCUT2D eigenvalue weighted by atomic mass is 10.1. The number of rotatable bonds is 4. The topological polar surface area (TPSA) is 52.3 Å². The van der Waals surface area contributed by atoms with Gasteiger partial charge in [-0.15, -0.1) is 0 Å². The molecule has 1 aromatic carbocycles. The summed E-state index contributed by atoms with van der Waals surface area (Å²) in [7, 11) is 0. The van der Waals surface area contributed by atoms with Gasteiger partial charge in [0, 0.05) is 0 Å². The van der Waals surface area contributed by atoms with Gasteiger partial charge in [0.2, 0.25) is 0 Å². The molecule has 0 spiro atoms. The second-order valence-corrected chi connectivity index (χ2v) is 3.21. The first-order valence-corrected chi connectivity index (χ1v) is 4.68. The minimum absolute atomic E-state index is 0.448. The van der Waals surface area contributed by atoms with E-state index in [4.69, 9.17) is 10.5 Å². The number of ether oxygens (including phenoxy) is 1. The fourth-order valence-electron chi connectivity index (χ4n) is 1.16. The van der Waals surface area contributed by atoms with E-state index in [0.717, 1.165) is 12.0 Å². The quantitative estimate of drug-likeness (QED) is 0.793. The zero-order chi connectivity index (χ0) is 10.6. The van der Waals surface area contributed by atoms with E-state index in [2.05, 4.69) is 0 Å². The summed E-state index contributed by atoms with van der Waals surface area (Å²) in [6.45, 7) is 4.56. The lowest BCUT2D eigenvalue weighted by Crippen LogP contribution is -2.13. The smallest absolute Gasteiger partial charge is 0.252 e. The summed E-state index contributed by atoms with van der Waals surface area (Å²) in [5, 5.41) is 0. The van der Waals surface area contributed by atoms with Crippen molar-refractivity contribution in [3.05, 3.63) is 29.3 Å². The molecular formula is C11H15NO2. The van der Waals surface area contributed by atoms with Gasteiger partial charge in [-0.25, -0.2) is 0 Å². The predicted octanol–water partition coefficient (Wildman–Crippen LogP) is 1.88. The molecule has 0 atom stereocenters. The molecule has 0 saturated heterocycles. The number of hydrogen-bond acceptors (Lipinski definition) is 2. The number of carbonyl (C=O) groups excluding carboxylic acids is 1. The summed E-state index contributed by atoms with van der Waals surface area (Å²) in [6, 6.07) is 5.37. The molecule has 0 aliphatic carbocycles. The summed E-state index contributed by atoms with van der Waals surface area (Å²) in [4.78, 5) is 11.0. The van der Waals surface area contributed by atoms with E-state index < -0.39 is 5.91 Å². The highest BCUT2D eigenvalue weighted by molar-refractivity contribution is 5.95. The maximum atomic E-state index is 11.0. The molecule has 0 aromatic heterocycles. The van der Waals surface area contributed by atoms with Crippen molar-refractivity contribution in [2.24, 2.45) is 5.73 Å². The molecular weight excluding hydrogens is 178 g/mol. The van der Waals surface area contributed by atoms with Crippen LogP contribution < -0.4 is 10.5 Å². The van der Waals surface area contributed by atoms with Crippen LogP contribution in [-0.2, 0) is 0 Å². The standard InChI is InChI=1S/C11H15NO2/c1-3-6-14-10-7-8(2)4-5-9(10)11(12)13/h4-5,7H,3,6H2,1-2H3,(H2,12,13). The number of aryl methyl sites for hydroxylation is 1. The normalized spacial score (nSPS) is 9.86. The average molecular weight is 193 g/mol. The van der Waals surface area contributed by atoms with Crippen molar-refractivity contribution < 1.29 is 9.53 Å². The van der Waals surface area contributed by atoms with Gasteiger partial charge >= 0.3 is 0 Å². The van der Waals surface area contributed by atoms with Crippen molar-refractivity contribution in [1.82, 2.24) is 0 Å². The maximum absolute atomic E-state index is 11.0. The Balaban J connectivity index is 2.97. The third kappa shape index (κ3) is 2.49. The SMILES string of the molecule is CCCOc1cc(C)ccc1C(N)=O. The number of nitrogens with two attached hydrogens (primary N) is 1. The second-order valence-electron chi connectivity index (χ2n) is 3.21. The molecule has 0 unspecified atom stereocenters. The Morgan fingerprint density at radius 1 is 1.50 bits per heavy atom. The monoisotopic (exact) mass is 193 g/mol. The highest BCUT2D eigenvalue weighted by atomic mass is 16.5. The predicted molar refractivity (Wildman–Crippen MR) is 55.5 cm³/mol. The Kier molecular flexibility index (Phi) is 3.51. The van der Waals surface area contributed by atoms with Crippen LogP contribution in [0.2, 0.25) is 0 Å². The zero-order valence-electron chi connectivity index (χ0n) is 8.54. The summed E-state index contributed by atoms with van der Waals surface area (Å²) in [6.07, 6.45) is 0.909. The molecule has 1 aromatic rings. The lowest BCUT2D eigenvalue weighted by molar-refractivity contribution is 0.0996. The van der Waals surface area contributed by atoms with Gasteiger partial charge < -0.3 is 10.5 Å². The molecule has 0 aliphatic rings. The first-order valence-electron chi connectivity index (χ1n) is 4.68. The highest BCUT2D eigenvalue weighted by Gasteiger charge is 2.08. The van der Waals surface area contributed by atoms with E-state index in [1.807, 2.05) is 26.0 Å². The molecule has 0 aliphatic heterocycles. The van der Waals surface area contributed by atoms with Gasteiger partial charge in [0.05, 0.1) is 12.2 Å². The summed E-state index contributed by atoms with van der Waals surface area (Å²) < 4.78 is 5.43. The molecule has 0 radical (unpaired) electrons. The van der Waals surface area contributed by atoms with Crippen LogP contribution in [0, 0.1) is 6.92 Å². The van der Waals surface area contributed by atoms with E-state index >= 15 is 0 Å². The lowest BCUT2D eigenvalue weighted by Gasteiger charge is -2.09. The fourth-order valence-corrected chi connectivity index (χ4v) is 1.16. The fraction of sp³-hybridized carbons (Fsp3) is 0.364. The third-order valence-corrected chi connectivity index (χ3v) is 1.86.